The molecule has 1 aromatic heterocycles. The molecule has 3 nitrogen and oxygen atoms in total. The Kier molecular flexibility index (Phi) is 14.8. The number of aryl methyl sites for hydroxylation is 1. The minimum absolute atomic E-state index is 1.07. The summed E-state index contributed by atoms with van der Waals surface area (Å²) in [6, 6.07) is 0. The van der Waals surface area contributed by atoms with Gasteiger partial charge in [-0.15, -0.1) is 0 Å². The summed E-state index contributed by atoms with van der Waals surface area (Å²) in [7, 11) is 2.07. The summed E-state index contributed by atoms with van der Waals surface area (Å²) >= 11 is 0. The Morgan fingerprint density at radius 1 is 0.720 bits per heavy atom. The summed E-state index contributed by atoms with van der Waals surface area (Å²) in [6.45, 7) is 5.61. The van der Waals surface area contributed by atoms with Crippen LogP contribution in [0.3, 0.4) is 0 Å². The first kappa shape index (κ1) is 22.2. The number of nitrogens with one attached hydrogen (secondary N) is 1. The Balaban J connectivity index is 1.69. The van der Waals surface area contributed by atoms with E-state index < -0.39 is 0 Å². The zero-order valence-electron chi connectivity index (χ0n) is 17.1. The lowest BCUT2D eigenvalue weighted by atomic mass is 10.0. The highest BCUT2D eigenvalue weighted by molar-refractivity contribution is 4.66. The molecule has 1 aromatic rings. The summed E-state index contributed by atoms with van der Waals surface area (Å²) in [5, 5.41) is 3.56. The molecule has 0 spiro atoms. The molecule has 0 fully saturated rings. The van der Waals surface area contributed by atoms with E-state index in [0.717, 1.165) is 13.1 Å². The Hall–Kier alpha value is -0.830. The number of rotatable bonds is 18. The van der Waals surface area contributed by atoms with Crippen LogP contribution in [-0.2, 0) is 13.6 Å². The Bertz CT molecular complexity index is 386. The van der Waals surface area contributed by atoms with Gasteiger partial charge in [-0.05, 0) is 13.0 Å². The second-order valence-corrected chi connectivity index (χ2v) is 7.66. The molecule has 1 heterocycles. The van der Waals surface area contributed by atoms with Crippen molar-refractivity contribution >= 4 is 0 Å². The number of unbranched alkanes of at least 4 members (excludes halogenated alkanes) is 13. The molecule has 1 N–H and O–H groups in total. The number of nitrogens with zero attached hydrogens (tertiary/aromatic N) is 2. The van der Waals surface area contributed by atoms with E-state index in [1.165, 1.54) is 96.4 Å². The molecular formula is C22H44N3+. The van der Waals surface area contributed by atoms with Crippen LogP contribution in [0.5, 0.6) is 0 Å². The maximum Gasteiger partial charge on any atom is 0.243 e. The van der Waals surface area contributed by atoms with Crippen molar-refractivity contribution in [3.8, 4) is 0 Å². The quantitative estimate of drug-likeness (QED) is 0.278. The van der Waals surface area contributed by atoms with Gasteiger partial charge in [0.2, 0.25) is 6.33 Å². The average molecular weight is 351 g/mol. The topological polar surface area (TPSA) is 20.8 Å². The molecule has 0 aromatic carbocycles. The van der Waals surface area contributed by atoms with Gasteiger partial charge in [0.05, 0.1) is 7.05 Å². The van der Waals surface area contributed by atoms with Gasteiger partial charge >= 0.3 is 0 Å². The second kappa shape index (κ2) is 16.6. The fourth-order valence-electron chi connectivity index (χ4n) is 3.41. The predicted octanol–water partition coefficient (Wildman–Crippen LogP) is 5.38. The van der Waals surface area contributed by atoms with Crippen LogP contribution in [-0.4, -0.2) is 17.7 Å². The van der Waals surface area contributed by atoms with Crippen molar-refractivity contribution in [1.82, 2.24) is 9.88 Å². The van der Waals surface area contributed by atoms with Crippen LogP contribution in [0.4, 0.5) is 0 Å². The third kappa shape index (κ3) is 14.1. The van der Waals surface area contributed by atoms with Gasteiger partial charge in [0.15, 0.2) is 0 Å². The van der Waals surface area contributed by atoms with Gasteiger partial charge < -0.3 is 5.32 Å². The maximum atomic E-state index is 3.56. The van der Waals surface area contributed by atoms with E-state index in [0.29, 0.717) is 0 Å². The van der Waals surface area contributed by atoms with Crippen molar-refractivity contribution in [2.24, 2.45) is 7.05 Å². The van der Waals surface area contributed by atoms with E-state index >= 15 is 0 Å². The maximum absolute atomic E-state index is 3.56. The van der Waals surface area contributed by atoms with Crippen LogP contribution in [0.15, 0.2) is 18.7 Å². The molecule has 0 unspecified atom stereocenters. The molecule has 0 atom stereocenters. The van der Waals surface area contributed by atoms with E-state index in [9.17, 15) is 0 Å². The zero-order valence-corrected chi connectivity index (χ0v) is 17.1. The highest BCUT2D eigenvalue weighted by Gasteiger charge is 1.98. The van der Waals surface area contributed by atoms with Crippen LogP contribution < -0.4 is 9.88 Å². The molecule has 0 bridgehead atoms. The molecule has 3 heteroatoms. The van der Waals surface area contributed by atoms with Crippen molar-refractivity contribution in [1.29, 1.82) is 0 Å². The first-order chi connectivity index (χ1) is 12.3. The zero-order chi connectivity index (χ0) is 18.0. The number of hydrogen-bond donors (Lipinski definition) is 1. The minimum atomic E-state index is 1.07. The number of hydrogen-bond acceptors (Lipinski definition) is 1. The van der Waals surface area contributed by atoms with Crippen LogP contribution in [0, 0.1) is 0 Å². The van der Waals surface area contributed by atoms with E-state index in [1.54, 1.807) is 0 Å². The Morgan fingerprint density at radius 3 is 1.72 bits per heavy atom. The molecule has 0 saturated heterocycles. The third-order valence-electron chi connectivity index (χ3n) is 5.08. The molecule has 0 aliphatic carbocycles. The Morgan fingerprint density at radius 2 is 1.24 bits per heavy atom. The fourth-order valence-corrected chi connectivity index (χ4v) is 3.41. The van der Waals surface area contributed by atoms with Crippen LogP contribution in [0.2, 0.25) is 0 Å². The normalized spacial score (nSPS) is 11.3. The highest BCUT2D eigenvalue weighted by Crippen LogP contribution is 2.12. The average Bonchev–Trinajstić information content (AvgIpc) is 3.03. The lowest BCUT2D eigenvalue weighted by Crippen LogP contribution is -2.25. The summed E-state index contributed by atoms with van der Waals surface area (Å²) < 4.78 is 4.33. The summed E-state index contributed by atoms with van der Waals surface area (Å²) in [5.74, 6) is 0. The molecule has 0 amide bonds. The summed E-state index contributed by atoms with van der Waals surface area (Å²) in [6.07, 6.45) is 26.4. The minimum Gasteiger partial charge on any atom is -0.313 e. The van der Waals surface area contributed by atoms with Crippen molar-refractivity contribution in [3.05, 3.63) is 18.7 Å². The SMILES string of the molecule is CCCCCCCCCCCCCCCCNCCn1cc[n+](C)c1. The van der Waals surface area contributed by atoms with Crippen molar-refractivity contribution < 1.29 is 4.57 Å². The largest absolute Gasteiger partial charge is 0.313 e. The summed E-state index contributed by atoms with van der Waals surface area (Å²) in [5.41, 5.74) is 0. The van der Waals surface area contributed by atoms with Gasteiger partial charge in [0.1, 0.15) is 18.9 Å². The van der Waals surface area contributed by atoms with Crippen molar-refractivity contribution in [3.63, 3.8) is 0 Å². The van der Waals surface area contributed by atoms with Gasteiger partial charge in [-0.1, -0.05) is 90.4 Å². The van der Waals surface area contributed by atoms with Gasteiger partial charge in [-0.2, -0.15) is 0 Å². The van der Waals surface area contributed by atoms with Gasteiger partial charge in [-0.3, -0.25) is 0 Å². The molecule has 0 radical (unpaired) electrons. The smallest absolute Gasteiger partial charge is 0.243 e. The third-order valence-corrected chi connectivity index (χ3v) is 5.08. The second-order valence-electron chi connectivity index (χ2n) is 7.66. The number of aromatic nitrogens is 2. The summed E-state index contributed by atoms with van der Waals surface area (Å²) in [4.78, 5) is 0. The van der Waals surface area contributed by atoms with Crippen molar-refractivity contribution in [2.45, 2.75) is 103 Å². The highest BCUT2D eigenvalue weighted by atomic mass is 15.1. The first-order valence-corrected chi connectivity index (χ1v) is 11.0. The predicted molar refractivity (Wildman–Crippen MR) is 109 cm³/mol. The monoisotopic (exact) mass is 350 g/mol. The molecule has 25 heavy (non-hydrogen) atoms. The van der Waals surface area contributed by atoms with E-state index in [2.05, 4.69) is 47.1 Å². The van der Waals surface area contributed by atoms with Gasteiger partial charge in [-0.25, -0.2) is 9.13 Å². The van der Waals surface area contributed by atoms with E-state index in [-0.39, 0.29) is 0 Å². The fraction of sp³-hybridized carbons (Fsp3) is 0.864. The molecular weight excluding hydrogens is 306 g/mol. The Labute approximate surface area is 157 Å². The van der Waals surface area contributed by atoms with E-state index in [4.69, 9.17) is 0 Å². The standard InChI is InChI=1S/C22H44N3/c1-3-4-5-6-7-8-9-10-11-12-13-14-15-16-17-23-18-19-25-21-20-24(2)22-25/h20-23H,3-19H2,1-2H3/q+1. The van der Waals surface area contributed by atoms with Gasteiger partial charge in [0.25, 0.3) is 0 Å². The van der Waals surface area contributed by atoms with E-state index in [1.807, 2.05) is 0 Å². The molecule has 146 valence electrons. The molecule has 0 aliphatic heterocycles. The molecule has 0 aliphatic rings. The molecule has 1 rings (SSSR count). The lowest BCUT2D eigenvalue weighted by Gasteiger charge is -2.04. The number of imidazole rings is 1. The van der Waals surface area contributed by atoms with Crippen LogP contribution in [0.25, 0.3) is 0 Å². The van der Waals surface area contributed by atoms with Crippen LogP contribution >= 0.6 is 0 Å². The lowest BCUT2D eigenvalue weighted by molar-refractivity contribution is -0.671. The first-order valence-electron chi connectivity index (χ1n) is 11.0. The van der Waals surface area contributed by atoms with Crippen molar-refractivity contribution in [2.75, 3.05) is 13.1 Å². The molecule has 0 saturated carbocycles. The van der Waals surface area contributed by atoms with Crippen LogP contribution in [0.1, 0.15) is 96.8 Å². The van der Waals surface area contributed by atoms with Gasteiger partial charge in [0, 0.05) is 6.54 Å².